The van der Waals surface area contributed by atoms with E-state index in [0.29, 0.717) is 53.5 Å². The summed E-state index contributed by atoms with van der Waals surface area (Å²) in [6.07, 6.45) is -2.76. The van der Waals surface area contributed by atoms with E-state index in [9.17, 15) is 22.4 Å². The molecule has 1 saturated heterocycles. The summed E-state index contributed by atoms with van der Waals surface area (Å²) in [5.74, 6) is 0.325. The van der Waals surface area contributed by atoms with Crippen LogP contribution >= 0.6 is 11.8 Å². The molecule has 35 heavy (non-hydrogen) atoms. The van der Waals surface area contributed by atoms with Gasteiger partial charge in [0.15, 0.2) is 5.17 Å². The molecule has 10 heteroatoms. The highest BCUT2D eigenvalue weighted by atomic mass is 32.2. The number of rotatable bonds is 3. The van der Waals surface area contributed by atoms with Crippen LogP contribution in [0.4, 0.5) is 23.2 Å². The fraction of sp³-hybridized carbons (Fsp3) is 0.200. The average Bonchev–Trinajstić information content (AvgIpc) is 3.46. The predicted molar refractivity (Wildman–Crippen MR) is 127 cm³/mol. The summed E-state index contributed by atoms with van der Waals surface area (Å²) in [6.45, 7) is 2.07. The molecule has 0 unspecified atom stereocenters. The number of nitrogens with zero attached hydrogens (tertiary/aromatic N) is 3. The number of anilines is 1. The smallest absolute Gasteiger partial charge is 0.416 e. The molecule has 180 valence electrons. The predicted octanol–water partition coefficient (Wildman–Crippen LogP) is 5.90. The van der Waals surface area contributed by atoms with Crippen molar-refractivity contribution in [2.75, 3.05) is 31.1 Å². The van der Waals surface area contributed by atoms with Crippen LogP contribution in [0.3, 0.4) is 0 Å². The van der Waals surface area contributed by atoms with Crippen LogP contribution in [0, 0.1) is 5.82 Å². The zero-order valence-electron chi connectivity index (χ0n) is 18.3. The quantitative estimate of drug-likeness (QED) is 0.331. The van der Waals surface area contributed by atoms with Gasteiger partial charge in [-0.1, -0.05) is 6.07 Å². The highest BCUT2D eigenvalue weighted by Gasteiger charge is 2.32. The lowest BCUT2D eigenvalue weighted by molar-refractivity contribution is -0.137. The SMILES string of the molecule is O=C1N=C(N2CCN(c3cccc(C(F)(F)F)c3)CC2)SC1=Cc1ccc(-c2ccc(F)cc2)o1. The first-order chi connectivity index (χ1) is 16.8. The topological polar surface area (TPSA) is 49.1 Å². The summed E-state index contributed by atoms with van der Waals surface area (Å²) in [4.78, 5) is 20.9. The van der Waals surface area contributed by atoms with Gasteiger partial charge in [0, 0.05) is 43.5 Å². The average molecular weight is 502 g/mol. The maximum atomic E-state index is 13.1. The number of hydrogen-bond acceptors (Lipinski definition) is 5. The Morgan fingerprint density at radius 3 is 2.37 bits per heavy atom. The van der Waals surface area contributed by atoms with Crippen LogP contribution in [0.15, 0.2) is 75.0 Å². The van der Waals surface area contributed by atoms with E-state index in [4.69, 9.17) is 4.42 Å². The number of alkyl halides is 3. The molecule has 1 amide bonds. The van der Waals surface area contributed by atoms with E-state index < -0.39 is 11.7 Å². The van der Waals surface area contributed by atoms with Crippen molar-refractivity contribution in [3.05, 3.63) is 82.7 Å². The van der Waals surface area contributed by atoms with Crippen LogP contribution in [-0.2, 0) is 11.0 Å². The van der Waals surface area contributed by atoms with Crippen LogP contribution in [0.5, 0.6) is 0 Å². The van der Waals surface area contributed by atoms with Crippen LogP contribution < -0.4 is 4.90 Å². The Balaban J connectivity index is 1.22. The second-order valence-corrected chi connectivity index (χ2v) is 9.05. The summed E-state index contributed by atoms with van der Waals surface area (Å²) < 4.78 is 58.0. The van der Waals surface area contributed by atoms with Crippen molar-refractivity contribution in [2.24, 2.45) is 4.99 Å². The van der Waals surface area contributed by atoms with Gasteiger partial charge in [-0.15, -0.1) is 0 Å². The van der Waals surface area contributed by atoms with Gasteiger partial charge in [-0.2, -0.15) is 18.2 Å². The van der Waals surface area contributed by atoms with Gasteiger partial charge >= 0.3 is 6.18 Å². The zero-order chi connectivity index (χ0) is 24.6. The maximum absolute atomic E-state index is 13.1. The molecular formula is C25H19F4N3O2S. The molecule has 2 aliphatic heterocycles. The molecule has 5 nitrogen and oxygen atoms in total. The number of piperazine rings is 1. The largest absolute Gasteiger partial charge is 0.457 e. The molecular weight excluding hydrogens is 482 g/mol. The Kier molecular flexibility index (Phi) is 6.14. The van der Waals surface area contributed by atoms with E-state index in [-0.39, 0.29) is 11.7 Å². The van der Waals surface area contributed by atoms with Crippen molar-refractivity contribution < 1.29 is 26.8 Å². The summed E-state index contributed by atoms with van der Waals surface area (Å²) in [7, 11) is 0. The third kappa shape index (κ3) is 5.12. The number of halogens is 4. The van der Waals surface area contributed by atoms with Gasteiger partial charge in [0.2, 0.25) is 0 Å². The fourth-order valence-corrected chi connectivity index (χ4v) is 4.84. The van der Waals surface area contributed by atoms with E-state index in [0.717, 1.165) is 17.7 Å². The van der Waals surface area contributed by atoms with Gasteiger partial charge < -0.3 is 14.2 Å². The van der Waals surface area contributed by atoms with Crippen molar-refractivity contribution in [3.8, 4) is 11.3 Å². The molecule has 0 atom stereocenters. The van der Waals surface area contributed by atoms with Crippen molar-refractivity contribution in [1.82, 2.24) is 4.90 Å². The first kappa shape index (κ1) is 23.2. The standard InChI is InChI=1S/C25H19F4N3O2S/c26-18-6-4-16(5-7-18)21-9-8-20(34-21)15-22-23(33)30-24(35-22)32-12-10-31(11-13-32)19-3-1-2-17(14-19)25(27,28)29/h1-9,14-15H,10-13H2. The van der Waals surface area contributed by atoms with Crippen molar-refractivity contribution >= 4 is 34.6 Å². The van der Waals surface area contributed by atoms with Gasteiger partial charge in [-0.05, 0) is 66.4 Å². The third-order valence-electron chi connectivity index (χ3n) is 5.73. The molecule has 1 fully saturated rings. The van der Waals surface area contributed by atoms with E-state index in [1.165, 1.54) is 30.0 Å². The Labute approximate surface area is 202 Å². The number of hydrogen-bond donors (Lipinski definition) is 0. The summed E-state index contributed by atoms with van der Waals surface area (Å²) in [5.41, 5.74) is 0.568. The maximum Gasteiger partial charge on any atom is 0.416 e. The molecule has 0 bridgehead atoms. The normalized spacial score (nSPS) is 17.9. The Hall–Kier alpha value is -3.53. The van der Waals surface area contributed by atoms with Crippen molar-refractivity contribution in [3.63, 3.8) is 0 Å². The number of amidine groups is 1. The second-order valence-electron chi connectivity index (χ2n) is 8.04. The highest BCUT2D eigenvalue weighted by Crippen LogP contribution is 2.34. The van der Waals surface area contributed by atoms with Gasteiger partial charge in [0.1, 0.15) is 17.3 Å². The number of thioether (sulfide) groups is 1. The second kappa shape index (κ2) is 9.26. The number of aliphatic imine (C=N–C) groups is 1. The monoisotopic (exact) mass is 501 g/mol. The number of amides is 1. The Morgan fingerprint density at radius 2 is 1.66 bits per heavy atom. The lowest BCUT2D eigenvalue weighted by Gasteiger charge is -2.36. The molecule has 0 spiro atoms. The number of furan rings is 1. The Morgan fingerprint density at radius 1 is 0.943 bits per heavy atom. The minimum absolute atomic E-state index is 0.337. The Bertz CT molecular complexity index is 1310. The van der Waals surface area contributed by atoms with E-state index in [1.807, 2.05) is 9.80 Å². The first-order valence-electron chi connectivity index (χ1n) is 10.8. The van der Waals surface area contributed by atoms with Crippen molar-refractivity contribution in [1.29, 1.82) is 0 Å². The number of carbonyl (C=O) groups is 1. The zero-order valence-corrected chi connectivity index (χ0v) is 19.1. The van der Waals surface area contributed by atoms with Gasteiger partial charge in [-0.3, -0.25) is 4.79 Å². The van der Waals surface area contributed by atoms with Gasteiger partial charge in [-0.25, -0.2) is 4.39 Å². The van der Waals surface area contributed by atoms with Gasteiger partial charge in [0.05, 0.1) is 10.5 Å². The summed E-state index contributed by atoms with van der Waals surface area (Å²) in [5, 5.41) is 0.565. The molecule has 0 aliphatic carbocycles. The molecule has 0 radical (unpaired) electrons. The molecule has 0 N–H and O–H groups in total. The molecule has 3 heterocycles. The molecule has 2 aliphatic rings. The van der Waals surface area contributed by atoms with E-state index >= 15 is 0 Å². The minimum Gasteiger partial charge on any atom is -0.457 e. The highest BCUT2D eigenvalue weighted by molar-refractivity contribution is 8.18. The first-order valence-corrected chi connectivity index (χ1v) is 11.6. The number of benzene rings is 2. The lowest BCUT2D eigenvalue weighted by Crippen LogP contribution is -2.47. The molecule has 5 rings (SSSR count). The molecule has 2 aromatic carbocycles. The summed E-state index contributed by atoms with van der Waals surface area (Å²) in [6, 6.07) is 14.7. The molecule has 0 saturated carbocycles. The van der Waals surface area contributed by atoms with Crippen LogP contribution in [-0.4, -0.2) is 42.2 Å². The lowest BCUT2D eigenvalue weighted by atomic mass is 10.1. The van der Waals surface area contributed by atoms with Crippen LogP contribution in [0.25, 0.3) is 17.4 Å². The number of carbonyl (C=O) groups excluding carboxylic acids is 1. The summed E-state index contributed by atoms with van der Waals surface area (Å²) >= 11 is 1.24. The fourth-order valence-electron chi connectivity index (χ4n) is 3.90. The van der Waals surface area contributed by atoms with Gasteiger partial charge in [0.25, 0.3) is 5.91 Å². The van der Waals surface area contributed by atoms with E-state index in [2.05, 4.69) is 4.99 Å². The van der Waals surface area contributed by atoms with Crippen LogP contribution in [0.1, 0.15) is 11.3 Å². The van der Waals surface area contributed by atoms with Crippen molar-refractivity contribution in [2.45, 2.75) is 6.18 Å². The molecule has 3 aromatic rings. The van der Waals surface area contributed by atoms with E-state index in [1.54, 1.807) is 36.4 Å². The molecule has 1 aromatic heterocycles. The van der Waals surface area contributed by atoms with Crippen LogP contribution in [0.2, 0.25) is 0 Å². The third-order valence-corrected chi connectivity index (χ3v) is 6.77. The minimum atomic E-state index is -4.38.